The van der Waals surface area contributed by atoms with Crippen LogP contribution in [0.25, 0.3) is 0 Å². The van der Waals surface area contributed by atoms with Gasteiger partial charge in [0.05, 0.1) is 6.61 Å². The number of hydrogen-bond donors (Lipinski definition) is 1. The first-order chi connectivity index (χ1) is 12.8. The summed E-state index contributed by atoms with van der Waals surface area (Å²) in [6.45, 7) is 4.25. The van der Waals surface area contributed by atoms with Gasteiger partial charge in [-0.3, -0.25) is 4.79 Å². The lowest BCUT2D eigenvalue weighted by Crippen LogP contribution is -2.44. The highest BCUT2D eigenvalue weighted by atomic mass is 16.3. The minimum atomic E-state index is 0.0205. The zero-order valence-electron chi connectivity index (χ0n) is 15.7. The Balaban J connectivity index is 1.49. The minimum absolute atomic E-state index is 0.0205. The fourth-order valence-electron chi connectivity index (χ4n) is 4.20. The van der Waals surface area contributed by atoms with Crippen molar-refractivity contribution in [2.75, 3.05) is 32.8 Å². The van der Waals surface area contributed by atoms with Crippen LogP contribution in [-0.2, 0) is 11.3 Å². The molecule has 142 valence electrons. The van der Waals surface area contributed by atoms with E-state index in [1.54, 1.807) is 0 Å². The fourth-order valence-corrected chi connectivity index (χ4v) is 4.20. The molecule has 1 unspecified atom stereocenters. The standard InChI is InChI=1S/C22H32N2O2/c25-16-15-24(18-20-9-5-2-6-10-20)22(26)21-11-13-23(14-12-21)17-19-7-3-1-4-8-19/h1-3,5-6,9-10,19,21,25H,4,7-8,11-18H2. The van der Waals surface area contributed by atoms with E-state index in [4.69, 9.17) is 0 Å². The van der Waals surface area contributed by atoms with Crippen molar-refractivity contribution in [2.45, 2.75) is 38.6 Å². The number of aliphatic hydroxyl groups excluding tert-OH is 1. The van der Waals surface area contributed by atoms with E-state index in [2.05, 4.69) is 17.1 Å². The second-order valence-corrected chi connectivity index (χ2v) is 7.69. The zero-order chi connectivity index (χ0) is 18.2. The molecule has 1 heterocycles. The van der Waals surface area contributed by atoms with E-state index in [-0.39, 0.29) is 18.4 Å². The Morgan fingerprint density at radius 3 is 2.54 bits per heavy atom. The van der Waals surface area contributed by atoms with Gasteiger partial charge in [0.2, 0.25) is 5.91 Å². The molecule has 1 aliphatic carbocycles. The van der Waals surface area contributed by atoms with Gasteiger partial charge in [0.15, 0.2) is 0 Å². The SMILES string of the molecule is O=C(C1CCN(CC2CC=CCC2)CC1)N(CCO)Cc1ccccc1. The highest BCUT2D eigenvalue weighted by Crippen LogP contribution is 2.24. The lowest BCUT2D eigenvalue weighted by atomic mass is 9.91. The van der Waals surface area contributed by atoms with Crippen LogP contribution in [0.3, 0.4) is 0 Å². The minimum Gasteiger partial charge on any atom is -0.395 e. The maximum atomic E-state index is 13.0. The molecule has 0 radical (unpaired) electrons. The Hall–Kier alpha value is -1.65. The highest BCUT2D eigenvalue weighted by Gasteiger charge is 2.29. The topological polar surface area (TPSA) is 43.8 Å². The monoisotopic (exact) mass is 356 g/mol. The van der Waals surface area contributed by atoms with E-state index in [9.17, 15) is 9.90 Å². The Bertz CT molecular complexity index is 579. The maximum absolute atomic E-state index is 13.0. The lowest BCUT2D eigenvalue weighted by Gasteiger charge is -2.36. The zero-order valence-corrected chi connectivity index (χ0v) is 15.7. The molecule has 1 aromatic rings. The number of amides is 1. The molecule has 26 heavy (non-hydrogen) atoms. The Morgan fingerprint density at radius 1 is 1.12 bits per heavy atom. The van der Waals surface area contributed by atoms with Crippen LogP contribution < -0.4 is 0 Å². The summed E-state index contributed by atoms with van der Waals surface area (Å²) in [6, 6.07) is 10.1. The summed E-state index contributed by atoms with van der Waals surface area (Å²) in [5.74, 6) is 1.10. The van der Waals surface area contributed by atoms with Gasteiger partial charge in [0.25, 0.3) is 0 Å². The summed E-state index contributed by atoms with van der Waals surface area (Å²) in [7, 11) is 0. The van der Waals surface area contributed by atoms with Gasteiger partial charge in [-0.2, -0.15) is 0 Å². The number of carbonyl (C=O) groups is 1. The van der Waals surface area contributed by atoms with Crippen LogP contribution in [-0.4, -0.2) is 53.6 Å². The third kappa shape index (κ3) is 5.42. The van der Waals surface area contributed by atoms with Crippen LogP contribution in [0.15, 0.2) is 42.5 Å². The van der Waals surface area contributed by atoms with Gasteiger partial charge in [-0.15, -0.1) is 0 Å². The molecule has 0 bridgehead atoms. The van der Waals surface area contributed by atoms with E-state index in [1.807, 2.05) is 35.2 Å². The van der Waals surface area contributed by atoms with Crippen molar-refractivity contribution in [1.29, 1.82) is 0 Å². The van der Waals surface area contributed by atoms with E-state index in [1.165, 1.54) is 25.8 Å². The number of likely N-dealkylation sites (tertiary alicyclic amines) is 1. The number of hydrogen-bond acceptors (Lipinski definition) is 3. The maximum Gasteiger partial charge on any atom is 0.226 e. The fraction of sp³-hybridized carbons (Fsp3) is 0.591. The molecule has 0 aromatic heterocycles. The predicted octanol–water partition coefficient (Wildman–Crippen LogP) is 3.08. The first-order valence-corrected chi connectivity index (χ1v) is 10.1. The van der Waals surface area contributed by atoms with Crippen molar-refractivity contribution in [3.63, 3.8) is 0 Å². The Labute approximate surface area is 157 Å². The number of allylic oxidation sites excluding steroid dienone is 2. The number of aliphatic hydroxyl groups is 1. The number of nitrogens with zero attached hydrogens (tertiary/aromatic N) is 2. The molecule has 0 spiro atoms. The molecule has 1 fully saturated rings. The molecule has 2 aliphatic rings. The molecule has 1 aromatic carbocycles. The van der Waals surface area contributed by atoms with E-state index in [0.29, 0.717) is 13.1 Å². The number of benzene rings is 1. The van der Waals surface area contributed by atoms with Crippen molar-refractivity contribution < 1.29 is 9.90 Å². The van der Waals surface area contributed by atoms with Crippen molar-refractivity contribution in [3.05, 3.63) is 48.0 Å². The van der Waals surface area contributed by atoms with Crippen LogP contribution in [0.4, 0.5) is 0 Å². The Kier molecular flexibility index (Phi) is 7.27. The van der Waals surface area contributed by atoms with Crippen LogP contribution in [0.5, 0.6) is 0 Å². The molecule has 4 heteroatoms. The van der Waals surface area contributed by atoms with E-state index >= 15 is 0 Å². The smallest absolute Gasteiger partial charge is 0.226 e. The summed E-state index contributed by atoms with van der Waals surface area (Å²) in [5.41, 5.74) is 1.12. The van der Waals surface area contributed by atoms with Crippen LogP contribution in [0, 0.1) is 11.8 Å². The van der Waals surface area contributed by atoms with Gasteiger partial charge in [0, 0.05) is 25.6 Å². The summed E-state index contributed by atoms with van der Waals surface area (Å²) in [6.07, 6.45) is 10.2. The molecule has 3 rings (SSSR count). The molecule has 1 saturated heterocycles. The molecule has 4 nitrogen and oxygen atoms in total. The van der Waals surface area contributed by atoms with Crippen molar-refractivity contribution in [2.24, 2.45) is 11.8 Å². The van der Waals surface area contributed by atoms with Gasteiger partial charge in [-0.05, 0) is 56.7 Å². The normalized spacial score (nSPS) is 21.7. The third-order valence-electron chi connectivity index (χ3n) is 5.73. The van der Waals surface area contributed by atoms with Crippen LogP contribution in [0.1, 0.15) is 37.7 Å². The van der Waals surface area contributed by atoms with E-state index in [0.717, 1.165) is 37.4 Å². The van der Waals surface area contributed by atoms with Crippen molar-refractivity contribution in [1.82, 2.24) is 9.80 Å². The average molecular weight is 357 g/mol. The van der Waals surface area contributed by atoms with Gasteiger partial charge in [-0.1, -0.05) is 42.5 Å². The quantitative estimate of drug-likeness (QED) is 0.764. The van der Waals surface area contributed by atoms with Gasteiger partial charge in [-0.25, -0.2) is 0 Å². The second kappa shape index (κ2) is 9.89. The van der Waals surface area contributed by atoms with Gasteiger partial charge in [0.1, 0.15) is 0 Å². The van der Waals surface area contributed by atoms with E-state index < -0.39 is 0 Å². The second-order valence-electron chi connectivity index (χ2n) is 7.69. The highest BCUT2D eigenvalue weighted by molar-refractivity contribution is 5.79. The van der Waals surface area contributed by atoms with Crippen molar-refractivity contribution >= 4 is 5.91 Å². The third-order valence-corrected chi connectivity index (χ3v) is 5.73. The van der Waals surface area contributed by atoms with Gasteiger partial charge >= 0.3 is 0 Å². The summed E-state index contributed by atoms with van der Waals surface area (Å²) >= 11 is 0. The number of piperidine rings is 1. The lowest BCUT2D eigenvalue weighted by molar-refractivity contribution is -0.138. The van der Waals surface area contributed by atoms with Crippen molar-refractivity contribution in [3.8, 4) is 0 Å². The van der Waals surface area contributed by atoms with Crippen LogP contribution >= 0.6 is 0 Å². The molecular weight excluding hydrogens is 324 g/mol. The first kappa shape index (κ1) is 19.1. The predicted molar refractivity (Wildman–Crippen MR) is 105 cm³/mol. The molecule has 1 atom stereocenters. The largest absolute Gasteiger partial charge is 0.395 e. The molecule has 0 saturated carbocycles. The molecule has 1 amide bonds. The molecule has 1 N–H and O–H groups in total. The summed E-state index contributed by atoms with van der Waals surface area (Å²) < 4.78 is 0. The average Bonchev–Trinajstić information content (AvgIpc) is 2.69. The van der Waals surface area contributed by atoms with Gasteiger partial charge < -0.3 is 14.9 Å². The van der Waals surface area contributed by atoms with Crippen LogP contribution in [0.2, 0.25) is 0 Å². The number of rotatable bonds is 7. The summed E-state index contributed by atoms with van der Waals surface area (Å²) in [4.78, 5) is 17.4. The Morgan fingerprint density at radius 2 is 1.88 bits per heavy atom. The molecule has 1 aliphatic heterocycles. The molecular formula is C22H32N2O2. The first-order valence-electron chi connectivity index (χ1n) is 10.1. The summed E-state index contributed by atoms with van der Waals surface area (Å²) in [5, 5.41) is 9.38. The number of carbonyl (C=O) groups excluding carboxylic acids is 1.